The van der Waals surface area contributed by atoms with Crippen LogP contribution < -0.4 is 5.59 Å². The number of aromatic nitrogens is 1. The average Bonchev–Trinajstić information content (AvgIpc) is 2.05. The first kappa shape index (κ1) is 8.19. The van der Waals surface area contributed by atoms with Gasteiger partial charge in [0.05, 0.1) is 12.2 Å². The molecule has 0 spiro atoms. The number of hydrogen-bond acceptors (Lipinski definition) is 4. The molecule has 0 fully saturated rings. The third kappa shape index (κ3) is 2.01. The van der Waals surface area contributed by atoms with Crippen molar-refractivity contribution in [2.24, 2.45) is 0 Å². The van der Waals surface area contributed by atoms with Gasteiger partial charge in [0, 0.05) is 6.20 Å². The van der Waals surface area contributed by atoms with E-state index in [1.165, 1.54) is 12.3 Å². The summed E-state index contributed by atoms with van der Waals surface area (Å²) in [6.07, 6.45) is 1.42. The lowest BCUT2D eigenvalue weighted by Crippen LogP contribution is -2.32. The summed E-state index contributed by atoms with van der Waals surface area (Å²) in [7, 11) is -1.57. The lowest BCUT2D eigenvalue weighted by Gasteiger charge is -1.99. The average molecular weight is 153 g/mol. The van der Waals surface area contributed by atoms with E-state index in [1.807, 2.05) is 0 Å². The Morgan fingerprint density at radius 2 is 2.18 bits per heavy atom. The van der Waals surface area contributed by atoms with Crippen LogP contribution in [0.2, 0.25) is 0 Å². The predicted octanol–water partition coefficient (Wildman–Crippen LogP) is -1.75. The van der Waals surface area contributed by atoms with Gasteiger partial charge in [0.2, 0.25) is 0 Å². The van der Waals surface area contributed by atoms with Crippen molar-refractivity contribution in [3.05, 3.63) is 23.9 Å². The molecule has 0 amide bonds. The smallest absolute Gasteiger partial charge is 0.422 e. The van der Waals surface area contributed by atoms with E-state index in [0.717, 1.165) is 0 Å². The second kappa shape index (κ2) is 3.48. The molecule has 0 saturated heterocycles. The minimum absolute atomic E-state index is 0.123. The van der Waals surface area contributed by atoms with Crippen LogP contribution in [0.5, 0.6) is 0 Å². The highest BCUT2D eigenvalue weighted by Crippen LogP contribution is 1.92. The van der Waals surface area contributed by atoms with E-state index in [-0.39, 0.29) is 12.2 Å². The van der Waals surface area contributed by atoms with Gasteiger partial charge in [0.15, 0.2) is 0 Å². The molecule has 5 heteroatoms. The Kier molecular flexibility index (Phi) is 2.59. The van der Waals surface area contributed by atoms with E-state index in [2.05, 4.69) is 4.98 Å². The molecule has 11 heavy (non-hydrogen) atoms. The third-order valence-corrected chi connectivity index (χ3v) is 1.29. The van der Waals surface area contributed by atoms with Crippen LogP contribution in [0.15, 0.2) is 18.3 Å². The van der Waals surface area contributed by atoms with Crippen molar-refractivity contribution >= 4 is 12.7 Å². The van der Waals surface area contributed by atoms with Crippen LogP contribution in [0, 0.1) is 0 Å². The molecule has 0 atom stereocenters. The second-order valence-corrected chi connectivity index (χ2v) is 2.12. The summed E-state index contributed by atoms with van der Waals surface area (Å²) >= 11 is 0. The number of aliphatic hydroxyl groups excluding tert-OH is 1. The third-order valence-electron chi connectivity index (χ3n) is 1.29. The van der Waals surface area contributed by atoms with Crippen molar-refractivity contribution in [3.63, 3.8) is 0 Å². The summed E-state index contributed by atoms with van der Waals surface area (Å²) in [5, 5.41) is 26.0. The fourth-order valence-electron chi connectivity index (χ4n) is 0.734. The first-order chi connectivity index (χ1) is 5.24. The van der Waals surface area contributed by atoms with Crippen molar-refractivity contribution < 1.29 is 15.2 Å². The Labute approximate surface area is 64.3 Å². The van der Waals surface area contributed by atoms with Crippen molar-refractivity contribution in [1.82, 2.24) is 4.98 Å². The molecule has 4 nitrogen and oxygen atoms in total. The molecule has 0 aliphatic heterocycles. The molecule has 1 aromatic rings. The molecule has 0 aliphatic carbocycles. The van der Waals surface area contributed by atoms with E-state index in [1.54, 1.807) is 6.07 Å². The van der Waals surface area contributed by atoms with Crippen molar-refractivity contribution in [2.75, 3.05) is 0 Å². The van der Waals surface area contributed by atoms with Crippen LogP contribution in [-0.4, -0.2) is 27.3 Å². The van der Waals surface area contributed by atoms with Crippen LogP contribution in [0.1, 0.15) is 5.56 Å². The van der Waals surface area contributed by atoms with Crippen molar-refractivity contribution in [1.29, 1.82) is 0 Å². The van der Waals surface area contributed by atoms with Crippen LogP contribution in [0.25, 0.3) is 0 Å². The first-order valence-electron chi connectivity index (χ1n) is 3.16. The number of pyridine rings is 1. The lowest BCUT2D eigenvalue weighted by atomic mass is 9.85. The molecule has 0 aromatic carbocycles. The standard InChI is InChI=1S/C6H8BNO3/c9-4-5-1-2-8-6(3-5)7(10)11/h1-3,9-11H,4H2. The molecule has 0 radical (unpaired) electrons. The SMILES string of the molecule is OCc1ccnc(B(O)O)c1. The van der Waals surface area contributed by atoms with E-state index in [4.69, 9.17) is 15.2 Å². The number of aliphatic hydroxyl groups is 1. The van der Waals surface area contributed by atoms with Gasteiger partial charge in [-0.25, -0.2) is 0 Å². The van der Waals surface area contributed by atoms with E-state index >= 15 is 0 Å². The largest absolute Gasteiger partial charge is 0.508 e. The van der Waals surface area contributed by atoms with Gasteiger partial charge in [-0.2, -0.15) is 0 Å². The molecular formula is C6H8BNO3. The van der Waals surface area contributed by atoms with E-state index < -0.39 is 7.12 Å². The minimum atomic E-state index is -1.57. The molecule has 3 N–H and O–H groups in total. The van der Waals surface area contributed by atoms with Crippen LogP contribution in [-0.2, 0) is 6.61 Å². The number of nitrogens with zero attached hydrogens (tertiary/aromatic N) is 1. The highest BCUT2D eigenvalue weighted by Gasteiger charge is 2.11. The minimum Gasteiger partial charge on any atom is -0.422 e. The van der Waals surface area contributed by atoms with Crippen molar-refractivity contribution in [2.45, 2.75) is 6.61 Å². The number of rotatable bonds is 2. The Morgan fingerprint density at radius 1 is 1.45 bits per heavy atom. The normalized spacial score (nSPS) is 9.73. The lowest BCUT2D eigenvalue weighted by molar-refractivity contribution is 0.282. The topological polar surface area (TPSA) is 73.6 Å². The van der Waals surface area contributed by atoms with E-state index in [9.17, 15) is 0 Å². The van der Waals surface area contributed by atoms with Gasteiger partial charge in [-0.3, -0.25) is 4.98 Å². The molecular weight excluding hydrogens is 145 g/mol. The summed E-state index contributed by atoms with van der Waals surface area (Å²) in [5.41, 5.74) is 0.764. The van der Waals surface area contributed by atoms with Gasteiger partial charge in [-0.05, 0) is 17.7 Å². The maximum absolute atomic E-state index is 8.66. The van der Waals surface area contributed by atoms with Gasteiger partial charge in [-0.15, -0.1) is 0 Å². The molecule has 58 valence electrons. The summed E-state index contributed by atoms with van der Waals surface area (Å²) in [6.45, 7) is -0.123. The Morgan fingerprint density at radius 3 is 2.73 bits per heavy atom. The maximum atomic E-state index is 8.66. The monoisotopic (exact) mass is 153 g/mol. The molecule has 1 aromatic heterocycles. The molecule has 0 saturated carbocycles. The highest BCUT2D eigenvalue weighted by atomic mass is 16.4. The van der Waals surface area contributed by atoms with Crippen LogP contribution in [0.4, 0.5) is 0 Å². The Bertz CT molecular complexity index is 241. The molecule has 1 heterocycles. The van der Waals surface area contributed by atoms with Crippen molar-refractivity contribution in [3.8, 4) is 0 Å². The predicted molar refractivity (Wildman–Crippen MR) is 40.0 cm³/mol. The zero-order valence-corrected chi connectivity index (χ0v) is 5.81. The fraction of sp³-hybridized carbons (Fsp3) is 0.167. The van der Waals surface area contributed by atoms with Crippen LogP contribution >= 0.6 is 0 Å². The number of hydrogen-bond donors (Lipinski definition) is 3. The summed E-state index contributed by atoms with van der Waals surface area (Å²) in [6, 6.07) is 3.04. The van der Waals surface area contributed by atoms with Gasteiger partial charge in [0.1, 0.15) is 0 Å². The highest BCUT2D eigenvalue weighted by molar-refractivity contribution is 6.57. The maximum Gasteiger partial charge on any atom is 0.508 e. The van der Waals surface area contributed by atoms with Crippen LogP contribution in [0.3, 0.4) is 0 Å². The van der Waals surface area contributed by atoms with Gasteiger partial charge < -0.3 is 15.2 Å². The quantitative estimate of drug-likeness (QED) is 0.440. The fourth-order valence-corrected chi connectivity index (χ4v) is 0.734. The summed E-state index contributed by atoms with van der Waals surface area (Å²) in [4.78, 5) is 3.68. The van der Waals surface area contributed by atoms with Gasteiger partial charge >= 0.3 is 7.12 Å². The second-order valence-electron chi connectivity index (χ2n) is 2.12. The molecule has 0 aliphatic rings. The zero-order chi connectivity index (χ0) is 8.27. The summed E-state index contributed by atoms with van der Waals surface area (Å²) < 4.78 is 0. The zero-order valence-electron chi connectivity index (χ0n) is 5.81. The van der Waals surface area contributed by atoms with E-state index in [0.29, 0.717) is 5.56 Å². The molecule has 1 rings (SSSR count). The Hall–Kier alpha value is -0.905. The van der Waals surface area contributed by atoms with Gasteiger partial charge in [-0.1, -0.05) is 0 Å². The molecule has 0 bridgehead atoms. The Balaban J connectivity index is 2.91. The first-order valence-corrected chi connectivity index (χ1v) is 3.16. The van der Waals surface area contributed by atoms with Gasteiger partial charge in [0.25, 0.3) is 0 Å². The molecule has 0 unspecified atom stereocenters. The summed E-state index contributed by atoms with van der Waals surface area (Å²) in [5.74, 6) is 0.